The van der Waals surface area contributed by atoms with Crippen molar-refractivity contribution in [2.24, 2.45) is 0 Å². The van der Waals surface area contributed by atoms with E-state index in [2.05, 4.69) is 16.2 Å². The number of nitrogens with zero attached hydrogens (tertiary/aromatic N) is 3. The molecule has 0 bridgehead atoms. The van der Waals surface area contributed by atoms with E-state index in [-0.39, 0.29) is 18.8 Å². The summed E-state index contributed by atoms with van der Waals surface area (Å²) >= 11 is 0. The van der Waals surface area contributed by atoms with E-state index in [0.717, 1.165) is 11.1 Å². The number of rotatable bonds is 6. The van der Waals surface area contributed by atoms with E-state index in [4.69, 9.17) is 18.7 Å². The number of carbonyl (C=O) groups is 1. The van der Waals surface area contributed by atoms with Crippen LogP contribution in [0.25, 0.3) is 22.8 Å². The van der Waals surface area contributed by atoms with Crippen LogP contribution < -0.4 is 4.74 Å². The summed E-state index contributed by atoms with van der Waals surface area (Å²) < 4.78 is 21.7. The second kappa shape index (κ2) is 8.78. The van der Waals surface area contributed by atoms with Crippen molar-refractivity contribution < 1.29 is 28.6 Å². The predicted octanol–water partition coefficient (Wildman–Crippen LogP) is 3.87. The van der Waals surface area contributed by atoms with Crippen molar-refractivity contribution in [3.8, 4) is 34.7 Å². The summed E-state index contributed by atoms with van der Waals surface area (Å²) in [5, 5.41) is 22.8. The second-order valence-corrected chi connectivity index (χ2v) is 7.62. The molecule has 2 heterocycles. The SMILES string of the molecule is Cc1cc(C2OCOC2C(=O)O)ccc1-c1noc(-c2ccc(OC(C)C)c(C#N)c2)n1. The molecule has 3 aromatic rings. The number of ether oxygens (including phenoxy) is 3. The summed E-state index contributed by atoms with van der Waals surface area (Å²) in [5.41, 5.74) is 3.23. The van der Waals surface area contributed by atoms with E-state index in [1.54, 1.807) is 30.3 Å². The van der Waals surface area contributed by atoms with Gasteiger partial charge in [0, 0.05) is 11.1 Å². The zero-order valence-corrected chi connectivity index (χ0v) is 17.7. The normalized spacial score (nSPS) is 18.0. The Morgan fingerprint density at radius 3 is 2.75 bits per heavy atom. The standard InChI is InChI=1S/C23H21N3O6/c1-12(2)31-18-7-5-15(9-16(18)10-24)22-25-21(26-32-22)17-6-4-14(8-13(17)3)19-20(23(27)28)30-11-29-19/h4-9,12,19-20H,11H2,1-3H3,(H,27,28). The molecular weight excluding hydrogens is 414 g/mol. The van der Waals surface area contributed by atoms with E-state index in [1.807, 2.05) is 26.8 Å². The number of aryl methyl sites for hydroxylation is 1. The van der Waals surface area contributed by atoms with E-state index in [0.29, 0.717) is 28.3 Å². The Bertz CT molecular complexity index is 1200. The van der Waals surface area contributed by atoms with Crippen LogP contribution in [0.5, 0.6) is 5.75 Å². The van der Waals surface area contributed by atoms with Crippen LogP contribution in [0.15, 0.2) is 40.9 Å². The van der Waals surface area contributed by atoms with Crippen LogP contribution in [0.2, 0.25) is 0 Å². The molecule has 0 radical (unpaired) electrons. The van der Waals surface area contributed by atoms with E-state index in [1.165, 1.54) is 0 Å². The monoisotopic (exact) mass is 435 g/mol. The summed E-state index contributed by atoms with van der Waals surface area (Å²) in [6.07, 6.45) is -1.79. The zero-order valence-electron chi connectivity index (χ0n) is 17.7. The van der Waals surface area contributed by atoms with E-state index in [9.17, 15) is 15.2 Å². The summed E-state index contributed by atoms with van der Waals surface area (Å²) in [5.74, 6) is 0.0757. The number of hydrogen-bond donors (Lipinski definition) is 1. The lowest BCUT2D eigenvalue weighted by molar-refractivity contribution is -0.148. The quantitative estimate of drug-likeness (QED) is 0.613. The van der Waals surface area contributed by atoms with Crippen molar-refractivity contribution in [2.75, 3.05) is 6.79 Å². The van der Waals surface area contributed by atoms with Crippen LogP contribution in [0.3, 0.4) is 0 Å². The largest absolute Gasteiger partial charge is 0.490 e. The minimum Gasteiger partial charge on any atom is -0.490 e. The highest BCUT2D eigenvalue weighted by Crippen LogP contribution is 2.33. The molecular formula is C23H21N3O6. The van der Waals surface area contributed by atoms with Crippen molar-refractivity contribution in [3.63, 3.8) is 0 Å². The van der Waals surface area contributed by atoms with Gasteiger partial charge in [0.2, 0.25) is 5.82 Å². The summed E-state index contributed by atoms with van der Waals surface area (Å²) in [4.78, 5) is 15.8. The molecule has 1 aliphatic rings. The van der Waals surface area contributed by atoms with E-state index >= 15 is 0 Å². The first kappa shape index (κ1) is 21.5. The first-order valence-electron chi connectivity index (χ1n) is 9.99. The first-order chi connectivity index (χ1) is 15.4. The molecule has 4 rings (SSSR count). The summed E-state index contributed by atoms with van der Waals surface area (Å²) in [6.45, 7) is 5.58. The van der Waals surface area contributed by atoms with Gasteiger partial charge in [-0.1, -0.05) is 23.4 Å². The van der Waals surface area contributed by atoms with Crippen molar-refractivity contribution >= 4 is 5.97 Å². The fourth-order valence-corrected chi connectivity index (χ4v) is 3.50. The van der Waals surface area contributed by atoms with Gasteiger partial charge >= 0.3 is 5.97 Å². The Labute approximate surface area is 184 Å². The number of nitriles is 1. The highest BCUT2D eigenvalue weighted by atomic mass is 16.7. The van der Waals surface area contributed by atoms with Crippen molar-refractivity contribution in [1.29, 1.82) is 5.26 Å². The molecule has 1 aliphatic heterocycles. The molecule has 1 aromatic heterocycles. The van der Waals surface area contributed by atoms with Crippen molar-refractivity contribution in [1.82, 2.24) is 10.1 Å². The number of carboxylic acids is 1. The zero-order chi connectivity index (χ0) is 22.8. The second-order valence-electron chi connectivity index (χ2n) is 7.62. The van der Waals surface area contributed by atoms with Gasteiger partial charge < -0.3 is 23.8 Å². The first-order valence-corrected chi connectivity index (χ1v) is 9.99. The van der Waals surface area contributed by atoms with Gasteiger partial charge in [-0.15, -0.1) is 0 Å². The lowest BCUT2D eigenvalue weighted by atomic mass is 9.98. The third kappa shape index (κ3) is 4.19. The van der Waals surface area contributed by atoms with Gasteiger partial charge in [0.05, 0.1) is 11.7 Å². The number of hydrogen-bond acceptors (Lipinski definition) is 8. The summed E-state index contributed by atoms with van der Waals surface area (Å²) in [7, 11) is 0. The van der Waals surface area contributed by atoms with Gasteiger partial charge in [0.25, 0.3) is 5.89 Å². The van der Waals surface area contributed by atoms with Gasteiger partial charge in [0.1, 0.15) is 24.7 Å². The Morgan fingerprint density at radius 1 is 1.25 bits per heavy atom. The molecule has 2 aromatic carbocycles. The Morgan fingerprint density at radius 2 is 2.06 bits per heavy atom. The maximum atomic E-state index is 11.3. The molecule has 1 saturated heterocycles. The van der Waals surface area contributed by atoms with Crippen molar-refractivity contribution in [3.05, 3.63) is 53.1 Å². The van der Waals surface area contributed by atoms with Crippen LogP contribution in [-0.2, 0) is 14.3 Å². The van der Waals surface area contributed by atoms with Crippen LogP contribution in [0.4, 0.5) is 0 Å². The molecule has 1 N–H and O–H groups in total. The lowest BCUT2D eigenvalue weighted by Crippen LogP contribution is -2.25. The topological polar surface area (TPSA) is 128 Å². The Kier molecular flexibility index (Phi) is 5.90. The van der Waals surface area contributed by atoms with Gasteiger partial charge in [-0.2, -0.15) is 10.2 Å². The molecule has 32 heavy (non-hydrogen) atoms. The van der Waals surface area contributed by atoms with Crippen molar-refractivity contribution in [2.45, 2.75) is 39.1 Å². The van der Waals surface area contributed by atoms with Crippen LogP contribution in [0, 0.1) is 18.3 Å². The molecule has 0 amide bonds. The molecule has 2 atom stereocenters. The highest BCUT2D eigenvalue weighted by Gasteiger charge is 2.36. The minimum absolute atomic E-state index is 0.0547. The highest BCUT2D eigenvalue weighted by molar-refractivity contribution is 5.74. The Hall–Kier alpha value is -3.74. The average Bonchev–Trinajstić information content (AvgIpc) is 3.43. The average molecular weight is 435 g/mol. The van der Waals surface area contributed by atoms with Gasteiger partial charge in [-0.3, -0.25) is 0 Å². The molecule has 9 heteroatoms. The fourth-order valence-electron chi connectivity index (χ4n) is 3.50. The van der Waals surface area contributed by atoms with Gasteiger partial charge in [0.15, 0.2) is 6.10 Å². The number of aromatic nitrogens is 2. The maximum absolute atomic E-state index is 11.3. The lowest BCUT2D eigenvalue weighted by Gasteiger charge is -2.15. The van der Waals surface area contributed by atoms with Gasteiger partial charge in [-0.25, -0.2) is 4.79 Å². The fraction of sp³-hybridized carbons (Fsp3) is 0.304. The molecule has 9 nitrogen and oxygen atoms in total. The van der Waals surface area contributed by atoms with Gasteiger partial charge in [-0.05, 0) is 50.1 Å². The number of carboxylic acid groups (broad SMARTS) is 1. The number of benzene rings is 2. The molecule has 0 aliphatic carbocycles. The van der Waals surface area contributed by atoms with E-state index < -0.39 is 18.2 Å². The smallest absolute Gasteiger partial charge is 0.336 e. The maximum Gasteiger partial charge on any atom is 0.336 e. The molecule has 164 valence electrons. The third-order valence-electron chi connectivity index (χ3n) is 4.97. The molecule has 1 fully saturated rings. The Balaban J connectivity index is 1.60. The third-order valence-corrected chi connectivity index (χ3v) is 4.97. The summed E-state index contributed by atoms with van der Waals surface area (Å²) in [6, 6.07) is 12.6. The molecule has 0 saturated carbocycles. The molecule has 0 spiro atoms. The van der Waals surface area contributed by atoms with Crippen LogP contribution in [0.1, 0.15) is 36.6 Å². The predicted molar refractivity (Wildman–Crippen MR) is 112 cm³/mol. The van der Waals surface area contributed by atoms with Crippen LogP contribution >= 0.6 is 0 Å². The minimum atomic E-state index is -1.07. The van der Waals surface area contributed by atoms with Crippen LogP contribution in [-0.4, -0.2) is 40.2 Å². The number of aliphatic carboxylic acids is 1. The molecule has 2 unspecified atom stereocenters.